The largest absolute Gasteiger partial charge is 0.489 e. The van der Waals surface area contributed by atoms with Crippen molar-refractivity contribution in [3.8, 4) is 17.0 Å². The van der Waals surface area contributed by atoms with Gasteiger partial charge in [0.15, 0.2) is 0 Å². The van der Waals surface area contributed by atoms with Crippen LogP contribution in [0.25, 0.3) is 11.3 Å². The maximum absolute atomic E-state index is 12.1. The number of nitrogens with two attached hydrogens (primary N) is 1. The molecule has 2 aromatic rings. The summed E-state index contributed by atoms with van der Waals surface area (Å²) in [6.45, 7) is 6.15. The normalized spacial score (nSPS) is 10.2. The highest BCUT2D eigenvalue weighted by molar-refractivity contribution is 5.93. The Kier molecular flexibility index (Phi) is 4.95. The molecule has 2 rings (SSSR count). The van der Waals surface area contributed by atoms with Crippen molar-refractivity contribution in [2.75, 3.05) is 26.4 Å². The second-order valence-electron chi connectivity index (χ2n) is 5.47. The Labute approximate surface area is 135 Å². The quantitative estimate of drug-likeness (QED) is 0.857. The second-order valence-corrected chi connectivity index (χ2v) is 5.47. The van der Waals surface area contributed by atoms with Crippen molar-refractivity contribution in [2.45, 2.75) is 6.92 Å². The lowest BCUT2D eigenvalue weighted by Gasteiger charge is -2.11. The lowest BCUT2D eigenvalue weighted by Crippen LogP contribution is -2.23. The molecule has 0 fully saturated rings. The van der Waals surface area contributed by atoms with Gasteiger partial charge in [0.1, 0.15) is 18.1 Å². The fourth-order valence-electron chi connectivity index (χ4n) is 1.90. The number of anilines is 1. The molecule has 0 bridgehead atoms. The molecule has 0 saturated carbocycles. The van der Waals surface area contributed by atoms with Gasteiger partial charge in [-0.2, -0.15) is 0 Å². The van der Waals surface area contributed by atoms with Crippen LogP contribution < -0.4 is 10.5 Å². The van der Waals surface area contributed by atoms with E-state index >= 15 is 0 Å². The summed E-state index contributed by atoms with van der Waals surface area (Å²) in [4.78, 5) is 21.7. The molecule has 1 heterocycles. The van der Waals surface area contributed by atoms with Crippen LogP contribution in [0.2, 0.25) is 0 Å². The first kappa shape index (κ1) is 16.5. The van der Waals surface area contributed by atoms with Crippen LogP contribution in [-0.4, -0.2) is 41.5 Å². The Morgan fingerprint density at radius 1 is 1.30 bits per heavy atom. The minimum Gasteiger partial charge on any atom is -0.489 e. The number of carbonyl (C=O) groups is 1. The molecule has 0 atom stereocenters. The smallest absolute Gasteiger partial charge is 0.272 e. The number of amides is 1. The molecule has 120 valence electrons. The van der Waals surface area contributed by atoms with Crippen LogP contribution in [0.3, 0.4) is 0 Å². The Hall–Kier alpha value is -2.89. The highest BCUT2D eigenvalue weighted by Crippen LogP contribution is 2.24. The molecule has 0 aliphatic rings. The molecular weight excluding hydrogens is 292 g/mol. The summed E-state index contributed by atoms with van der Waals surface area (Å²) in [6, 6.07) is 9.04. The van der Waals surface area contributed by atoms with E-state index in [0.29, 0.717) is 18.1 Å². The molecule has 0 aliphatic carbocycles. The van der Waals surface area contributed by atoms with Crippen LogP contribution >= 0.6 is 0 Å². The predicted octanol–water partition coefficient (Wildman–Crippen LogP) is 2.38. The first-order chi connectivity index (χ1) is 10.9. The molecule has 1 aromatic heterocycles. The average Bonchev–Trinajstić information content (AvgIpc) is 2.51. The van der Waals surface area contributed by atoms with Gasteiger partial charge < -0.3 is 15.4 Å². The van der Waals surface area contributed by atoms with Crippen LogP contribution in [-0.2, 0) is 0 Å². The van der Waals surface area contributed by atoms with Crippen molar-refractivity contribution >= 4 is 11.9 Å². The number of nitrogens with zero attached hydrogens (tertiary/aromatic N) is 3. The first-order valence-electron chi connectivity index (χ1n) is 7.10. The van der Waals surface area contributed by atoms with E-state index in [1.807, 2.05) is 31.2 Å². The van der Waals surface area contributed by atoms with Gasteiger partial charge in [0, 0.05) is 19.7 Å². The summed E-state index contributed by atoms with van der Waals surface area (Å²) in [6.07, 6.45) is 0. The molecule has 0 aliphatic heterocycles. The van der Waals surface area contributed by atoms with Crippen LogP contribution in [0.5, 0.6) is 5.75 Å². The van der Waals surface area contributed by atoms with Crippen LogP contribution in [0.1, 0.15) is 17.4 Å². The Balaban J connectivity index is 2.36. The van der Waals surface area contributed by atoms with Gasteiger partial charge in [0.25, 0.3) is 5.91 Å². The Morgan fingerprint density at radius 3 is 2.70 bits per heavy atom. The van der Waals surface area contributed by atoms with E-state index in [1.165, 1.54) is 4.90 Å². The zero-order chi connectivity index (χ0) is 17.0. The van der Waals surface area contributed by atoms with Gasteiger partial charge in [0.2, 0.25) is 5.95 Å². The number of ether oxygens (including phenoxy) is 1. The van der Waals surface area contributed by atoms with E-state index in [0.717, 1.165) is 11.1 Å². The topological polar surface area (TPSA) is 81.3 Å². The van der Waals surface area contributed by atoms with Gasteiger partial charge in [-0.1, -0.05) is 18.7 Å². The summed E-state index contributed by atoms with van der Waals surface area (Å²) in [5, 5.41) is 0. The molecule has 23 heavy (non-hydrogen) atoms. The fourth-order valence-corrected chi connectivity index (χ4v) is 1.90. The first-order valence-corrected chi connectivity index (χ1v) is 7.10. The number of benzene rings is 1. The zero-order valence-electron chi connectivity index (χ0n) is 13.5. The van der Waals surface area contributed by atoms with Gasteiger partial charge in [-0.25, -0.2) is 9.97 Å². The number of hydrogen-bond acceptors (Lipinski definition) is 5. The molecule has 6 nitrogen and oxygen atoms in total. The molecule has 2 N–H and O–H groups in total. The van der Waals surface area contributed by atoms with E-state index in [9.17, 15) is 4.79 Å². The molecule has 0 saturated heterocycles. The van der Waals surface area contributed by atoms with Crippen LogP contribution in [0.4, 0.5) is 5.95 Å². The van der Waals surface area contributed by atoms with E-state index in [1.54, 1.807) is 20.2 Å². The van der Waals surface area contributed by atoms with Crippen molar-refractivity contribution < 1.29 is 9.53 Å². The SMILES string of the molecule is C=C(C)COc1cccc(-c2cc(C(=O)N(C)C)nc(N)n2)c1. The highest BCUT2D eigenvalue weighted by Gasteiger charge is 2.13. The van der Waals surface area contributed by atoms with Crippen molar-refractivity contribution in [3.63, 3.8) is 0 Å². The summed E-state index contributed by atoms with van der Waals surface area (Å²) >= 11 is 0. The Morgan fingerprint density at radius 2 is 2.04 bits per heavy atom. The van der Waals surface area contributed by atoms with Gasteiger partial charge in [-0.3, -0.25) is 4.79 Å². The number of rotatable bonds is 5. The predicted molar refractivity (Wildman–Crippen MR) is 90.2 cm³/mol. The fraction of sp³-hybridized carbons (Fsp3) is 0.235. The third-order valence-corrected chi connectivity index (χ3v) is 2.98. The van der Waals surface area contributed by atoms with Gasteiger partial charge in [-0.15, -0.1) is 0 Å². The third-order valence-electron chi connectivity index (χ3n) is 2.98. The van der Waals surface area contributed by atoms with E-state index in [2.05, 4.69) is 16.5 Å². The summed E-state index contributed by atoms with van der Waals surface area (Å²) < 4.78 is 5.63. The van der Waals surface area contributed by atoms with Gasteiger partial charge >= 0.3 is 0 Å². The third kappa shape index (κ3) is 4.29. The minimum absolute atomic E-state index is 0.0564. The van der Waals surface area contributed by atoms with Gasteiger partial charge in [-0.05, 0) is 30.7 Å². The molecule has 0 unspecified atom stereocenters. The summed E-state index contributed by atoms with van der Waals surface area (Å²) in [7, 11) is 3.32. The molecule has 1 aromatic carbocycles. The summed E-state index contributed by atoms with van der Waals surface area (Å²) in [5.41, 5.74) is 8.29. The Bertz CT molecular complexity index is 741. The van der Waals surface area contributed by atoms with E-state index in [4.69, 9.17) is 10.5 Å². The van der Waals surface area contributed by atoms with Crippen LogP contribution in [0.15, 0.2) is 42.5 Å². The number of nitrogen functional groups attached to an aromatic ring is 1. The molecule has 6 heteroatoms. The average molecular weight is 312 g/mol. The highest BCUT2D eigenvalue weighted by atomic mass is 16.5. The lowest BCUT2D eigenvalue weighted by molar-refractivity contribution is 0.0822. The standard InChI is InChI=1S/C17H20N4O2/c1-11(2)10-23-13-7-5-6-12(8-13)14-9-15(16(22)21(3)4)20-17(18)19-14/h5-9H,1,10H2,2-4H3,(H2,18,19,20). The summed E-state index contributed by atoms with van der Waals surface area (Å²) in [5.74, 6) is 0.527. The maximum Gasteiger partial charge on any atom is 0.272 e. The molecule has 1 amide bonds. The second kappa shape index (κ2) is 6.91. The van der Waals surface area contributed by atoms with Crippen molar-refractivity contribution in [1.29, 1.82) is 0 Å². The molecule has 0 spiro atoms. The number of hydrogen-bond donors (Lipinski definition) is 1. The van der Waals surface area contributed by atoms with Crippen molar-refractivity contribution in [2.24, 2.45) is 0 Å². The van der Waals surface area contributed by atoms with Crippen LogP contribution in [0, 0.1) is 0 Å². The molecular formula is C17H20N4O2. The van der Waals surface area contributed by atoms with Gasteiger partial charge in [0.05, 0.1) is 5.69 Å². The lowest BCUT2D eigenvalue weighted by atomic mass is 10.1. The minimum atomic E-state index is -0.227. The maximum atomic E-state index is 12.1. The monoisotopic (exact) mass is 312 g/mol. The van der Waals surface area contributed by atoms with E-state index in [-0.39, 0.29) is 17.5 Å². The molecule has 0 radical (unpaired) electrons. The zero-order valence-corrected chi connectivity index (χ0v) is 13.5. The van der Waals surface area contributed by atoms with E-state index < -0.39 is 0 Å². The van der Waals surface area contributed by atoms with Crippen molar-refractivity contribution in [1.82, 2.24) is 14.9 Å². The number of aromatic nitrogens is 2. The van der Waals surface area contributed by atoms with Crippen molar-refractivity contribution in [3.05, 3.63) is 48.2 Å². The number of carbonyl (C=O) groups excluding carboxylic acids is 1.